The maximum absolute atomic E-state index is 11.7. The Morgan fingerprint density at radius 1 is 1.38 bits per heavy atom. The summed E-state index contributed by atoms with van der Waals surface area (Å²) >= 11 is 5.96. The molecule has 0 unspecified atom stereocenters. The van der Waals surface area contributed by atoms with Crippen LogP contribution in [-0.2, 0) is 4.74 Å². The Balaban J connectivity index is 3.11. The number of aryl methyl sites for hydroxylation is 1. The number of hydrogen-bond acceptors (Lipinski definition) is 3. The number of carbonyl (C=O) groups is 1. The minimum Gasteiger partial charge on any atom is -0.496 e. The Morgan fingerprint density at radius 2 is 2.00 bits per heavy atom. The van der Waals surface area contributed by atoms with E-state index in [-0.39, 0.29) is 6.10 Å². The normalized spacial score (nSPS) is 10.4. The summed E-state index contributed by atoms with van der Waals surface area (Å²) in [4.78, 5) is 11.7. The molecule has 0 aliphatic carbocycles. The summed E-state index contributed by atoms with van der Waals surface area (Å²) in [5, 5.41) is 0.525. The molecule has 88 valence electrons. The van der Waals surface area contributed by atoms with Gasteiger partial charge < -0.3 is 9.47 Å². The highest BCUT2D eigenvalue weighted by molar-refractivity contribution is 6.31. The zero-order chi connectivity index (χ0) is 12.3. The number of esters is 1. The molecule has 0 N–H and O–H groups in total. The molecule has 0 aliphatic heterocycles. The SMILES string of the molecule is COc1cc(C)c(Cl)cc1C(=O)OC(C)C. The number of ether oxygens (including phenoxy) is 2. The fraction of sp³-hybridized carbons (Fsp3) is 0.417. The molecule has 0 amide bonds. The zero-order valence-electron chi connectivity index (χ0n) is 9.83. The summed E-state index contributed by atoms with van der Waals surface area (Å²) < 4.78 is 10.2. The number of halogens is 1. The molecule has 1 rings (SSSR count). The van der Waals surface area contributed by atoms with Crippen LogP contribution in [0.1, 0.15) is 29.8 Å². The molecule has 0 aromatic heterocycles. The Kier molecular flexibility index (Phi) is 4.19. The van der Waals surface area contributed by atoms with Crippen LogP contribution in [0.15, 0.2) is 12.1 Å². The molecule has 0 radical (unpaired) electrons. The number of hydrogen-bond donors (Lipinski definition) is 0. The number of methoxy groups -OCH3 is 1. The quantitative estimate of drug-likeness (QED) is 0.764. The third kappa shape index (κ3) is 2.89. The van der Waals surface area contributed by atoms with E-state index in [2.05, 4.69) is 0 Å². The van der Waals surface area contributed by atoms with Crippen molar-refractivity contribution in [2.45, 2.75) is 26.9 Å². The van der Waals surface area contributed by atoms with E-state index in [0.717, 1.165) is 5.56 Å². The van der Waals surface area contributed by atoms with Crippen molar-refractivity contribution in [2.75, 3.05) is 7.11 Å². The lowest BCUT2D eigenvalue weighted by Gasteiger charge is -2.12. The molecule has 0 heterocycles. The van der Waals surface area contributed by atoms with Gasteiger partial charge in [-0.15, -0.1) is 0 Å². The van der Waals surface area contributed by atoms with E-state index in [4.69, 9.17) is 21.1 Å². The molecule has 0 saturated heterocycles. The Hall–Kier alpha value is -1.22. The largest absolute Gasteiger partial charge is 0.496 e. The van der Waals surface area contributed by atoms with Crippen LogP contribution >= 0.6 is 11.6 Å². The molecule has 0 spiro atoms. The molecule has 0 bridgehead atoms. The van der Waals surface area contributed by atoms with E-state index < -0.39 is 5.97 Å². The van der Waals surface area contributed by atoms with Crippen molar-refractivity contribution in [3.05, 3.63) is 28.3 Å². The lowest BCUT2D eigenvalue weighted by molar-refractivity contribution is 0.0374. The molecule has 3 nitrogen and oxygen atoms in total. The van der Waals surface area contributed by atoms with E-state index in [1.54, 1.807) is 26.0 Å². The Morgan fingerprint density at radius 3 is 2.50 bits per heavy atom. The number of benzene rings is 1. The first-order valence-corrected chi connectivity index (χ1v) is 5.38. The second kappa shape index (κ2) is 5.21. The van der Waals surface area contributed by atoms with Gasteiger partial charge in [0, 0.05) is 5.02 Å². The zero-order valence-corrected chi connectivity index (χ0v) is 10.6. The van der Waals surface area contributed by atoms with Crippen LogP contribution in [-0.4, -0.2) is 19.2 Å². The van der Waals surface area contributed by atoms with Crippen molar-refractivity contribution in [3.8, 4) is 5.75 Å². The third-order valence-electron chi connectivity index (χ3n) is 2.04. The summed E-state index contributed by atoms with van der Waals surface area (Å²) in [5.41, 5.74) is 1.21. The van der Waals surface area contributed by atoms with Gasteiger partial charge in [-0.05, 0) is 38.5 Å². The van der Waals surface area contributed by atoms with Crippen LogP contribution in [0, 0.1) is 6.92 Å². The smallest absolute Gasteiger partial charge is 0.342 e. The van der Waals surface area contributed by atoms with Gasteiger partial charge >= 0.3 is 5.97 Å². The average molecular weight is 243 g/mol. The van der Waals surface area contributed by atoms with Gasteiger partial charge in [-0.3, -0.25) is 0 Å². The molecule has 16 heavy (non-hydrogen) atoms. The van der Waals surface area contributed by atoms with Crippen LogP contribution in [0.5, 0.6) is 5.75 Å². The van der Waals surface area contributed by atoms with Gasteiger partial charge in [0.05, 0.1) is 13.2 Å². The summed E-state index contributed by atoms with van der Waals surface area (Å²) in [7, 11) is 1.51. The first-order chi connectivity index (χ1) is 7.45. The Bertz CT molecular complexity index is 399. The van der Waals surface area contributed by atoms with Crippen molar-refractivity contribution in [1.29, 1.82) is 0 Å². The van der Waals surface area contributed by atoms with Gasteiger partial charge in [-0.2, -0.15) is 0 Å². The van der Waals surface area contributed by atoms with Gasteiger partial charge in [-0.25, -0.2) is 4.79 Å². The first-order valence-electron chi connectivity index (χ1n) is 5.00. The second-order valence-electron chi connectivity index (χ2n) is 3.76. The maximum atomic E-state index is 11.7. The standard InChI is InChI=1S/C12H15ClO3/c1-7(2)16-12(14)9-6-10(13)8(3)5-11(9)15-4/h5-7H,1-4H3. The summed E-state index contributed by atoms with van der Waals surface area (Å²) in [5.74, 6) is 0.0568. The third-order valence-corrected chi connectivity index (χ3v) is 2.45. The maximum Gasteiger partial charge on any atom is 0.342 e. The minimum absolute atomic E-state index is 0.169. The predicted octanol–water partition coefficient (Wildman–Crippen LogP) is 3.22. The molecule has 0 saturated carbocycles. The summed E-state index contributed by atoms with van der Waals surface area (Å²) in [6.45, 7) is 5.43. The lowest BCUT2D eigenvalue weighted by Crippen LogP contribution is -2.12. The van der Waals surface area contributed by atoms with Crippen LogP contribution in [0.3, 0.4) is 0 Å². The highest BCUT2D eigenvalue weighted by Gasteiger charge is 2.16. The summed E-state index contributed by atoms with van der Waals surface area (Å²) in [6.07, 6.45) is -0.169. The molecule has 1 aromatic rings. The van der Waals surface area contributed by atoms with Gasteiger partial charge in [-0.1, -0.05) is 11.6 Å². The molecule has 1 aromatic carbocycles. The highest BCUT2D eigenvalue weighted by atomic mass is 35.5. The topological polar surface area (TPSA) is 35.5 Å². The van der Waals surface area contributed by atoms with Crippen molar-refractivity contribution in [3.63, 3.8) is 0 Å². The minimum atomic E-state index is -0.422. The monoisotopic (exact) mass is 242 g/mol. The molecular formula is C12H15ClO3. The first kappa shape index (κ1) is 12.8. The second-order valence-corrected chi connectivity index (χ2v) is 4.16. The van der Waals surface area contributed by atoms with Gasteiger partial charge in [0.2, 0.25) is 0 Å². The van der Waals surface area contributed by atoms with Crippen LogP contribution < -0.4 is 4.74 Å². The fourth-order valence-electron chi connectivity index (χ4n) is 1.26. The number of carbonyl (C=O) groups excluding carboxylic acids is 1. The van der Waals surface area contributed by atoms with Gasteiger partial charge in [0.1, 0.15) is 11.3 Å². The van der Waals surface area contributed by atoms with Crippen molar-refractivity contribution >= 4 is 17.6 Å². The van der Waals surface area contributed by atoms with E-state index in [9.17, 15) is 4.79 Å². The number of rotatable bonds is 3. The Labute approximate surface area is 100 Å². The van der Waals surface area contributed by atoms with Crippen LogP contribution in [0.25, 0.3) is 0 Å². The highest BCUT2D eigenvalue weighted by Crippen LogP contribution is 2.27. The van der Waals surface area contributed by atoms with Crippen molar-refractivity contribution in [1.82, 2.24) is 0 Å². The van der Waals surface area contributed by atoms with Gasteiger partial charge in [0.25, 0.3) is 0 Å². The summed E-state index contributed by atoms with van der Waals surface area (Å²) in [6, 6.07) is 3.29. The van der Waals surface area contributed by atoms with E-state index in [0.29, 0.717) is 16.3 Å². The molecule has 0 atom stereocenters. The molecular weight excluding hydrogens is 228 g/mol. The van der Waals surface area contributed by atoms with Crippen LogP contribution in [0.2, 0.25) is 5.02 Å². The van der Waals surface area contributed by atoms with Crippen LogP contribution in [0.4, 0.5) is 0 Å². The van der Waals surface area contributed by atoms with E-state index in [1.165, 1.54) is 7.11 Å². The molecule has 4 heteroatoms. The van der Waals surface area contributed by atoms with Crippen molar-refractivity contribution < 1.29 is 14.3 Å². The van der Waals surface area contributed by atoms with Gasteiger partial charge in [0.15, 0.2) is 0 Å². The van der Waals surface area contributed by atoms with E-state index >= 15 is 0 Å². The fourth-order valence-corrected chi connectivity index (χ4v) is 1.42. The average Bonchev–Trinajstić information content (AvgIpc) is 2.20. The lowest BCUT2D eigenvalue weighted by atomic mass is 10.1. The molecule has 0 fully saturated rings. The predicted molar refractivity (Wildman–Crippen MR) is 63.3 cm³/mol. The van der Waals surface area contributed by atoms with E-state index in [1.807, 2.05) is 6.92 Å². The van der Waals surface area contributed by atoms with Crippen molar-refractivity contribution in [2.24, 2.45) is 0 Å². The molecule has 0 aliphatic rings.